The van der Waals surface area contributed by atoms with Crippen molar-refractivity contribution in [3.63, 3.8) is 0 Å². The highest BCUT2D eigenvalue weighted by Crippen LogP contribution is 2.15. The van der Waals surface area contributed by atoms with Crippen molar-refractivity contribution in [2.24, 2.45) is 0 Å². The van der Waals surface area contributed by atoms with E-state index in [0.717, 1.165) is 36.5 Å². The molecule has 5 heteroatoms. The van der Waals surface area contributed by atoms with Gasteiger partial charge in [0, 0.05) is 25.3 Å². The Hall–Kier alpha value is -1.36. The Balaban J connectivity index is 2.18. The van der Waals surface area contributed by atoms with E-state index >= 15 is 0 Å². The molecule has 1 amide bonds. The summed E-state index contributed by atoms with van der Waals surface area (Å²) in [5.41, 5.74) is 2.34. The number of hydrogen-bond acceptors (Lipinski definition) is 3. The molecule has 16 heavy (non-hydrogen) atoms. The number of rotatable bonds is 2. The Morgan fingerprint density at radius 2 is 2.25 bits per heavy atom. The van der Waals surface area contributed by atoms with E-state index in [1.54, 1.807) is 0 Å². The molecule has 1 atom stereocenters. The number of carbonyl (C=O) groups is 1. The van der Waals surface area contributed by atoms with Crippen LogP contribution in [0.25, 0.3) is 0 Å². The van der Waals surface area contributed by atoms with Gasteiger partial charge in [-0.15, -0.1) is 0 Å². The lowest BCUT2D eigenvalue weighted by Gasteiger charge is -2.23. The van der Waals surface area contributed by atoms with Crippen LogP contribution in [0.3, 0.4) is 0 Å². The number of aryl methyl sites for hydroxylation is 2. The summed E-state index contributed by atoms with van der Waals surface area (Å²) in [5, 5.41) is 10.2. The summed E-state index contributed by atoms with van der Waals surface area (Å²) in [7, 11) is 1.87. The first-order valence-electron chi connectivity index (χ1n) is 5.60. The van der Waals surface area contributed by atoms with E-state index in [1.165, 1.54) is 0 Å². The smallest absolute Gasteiger partial charge is 0.257 e. The van der Waals surface area contributed by atoms with Crippen LogP contribution in [0.5, 0.6) is 0 Å². The lowest BCUT2D eigenvalue weighted by molar-refractivity contribution is 0.0742. The molecule has 0 saturated carbocycles. The first-order valence-corrected chi connectivity index (χ1v) is 5.60. The van der Waals surface area contributed by atoms with Crippen LogP contribution in [0, 0.1) is 13.8 Å². The van der Waals surface area contributed by atoms with Gasteiger partial charge in [0.2, 0.25) is 0 Å². The average molecular weight is 222 g/mol. The van der Waals surface area contributed by atoms with E-state index in [1.807, 2.05) is 25.8 Å². The highest BCUT2D eigenvalue weighted by atomic mass is 16.2. The molecule has 1 aliphatic rings. The van der Waals surface area contributed by atoms with Gasteiger partial charge >= 0.3 is 0 Å². The van der Waals surface area contributed by atoms with Crippen molar-refractivity contribution in [3.05, 3.63) is 17.0 Å². The molecule has 1 aromatic rings. The standard InChI is InChI=1S/C11H18N4O/c1-7-10(8(2)14-13-7)11(16)15(3)9-4-5-12-6-9/h9,12H,4-6H2,1-3H3,(H,13,14). The third-order valence-electron chi connectivity index (χ3n) is 3.24. The van der Waals surface area contributed by atoms with E-state index in [-0.39, 0.29) is 5.91 Å². The monoisotopic (exact) mass is 222 g/mol. The Bertz CT molecular complexity index is 373. The number of carbonyl (C=O) groups excluding carboxylic acids is 1. The molecule has 1 unspecified atom stereocenters. The lowest BCUT2D eigenvalue weighted by atomic mass is 10.1. The zero-order chi connectivity index (χ0) is 11.7. The van der Waals surface area contributed by atoms with Crippen LogP contribution in [0.15, 0.2) is 0 Å². The number of likely N-dealkylation sites (N-methyl/N-ethyl adjacent to an activating group) is 1. The molecule has 2 heterocycles. The second kappa shape index (κ2) is 4.25. The van der Waals surface area contributed by atoms with Crippen LogP contribution in [0.2, 0.25) is 0 Å². The van der Waals surface area contributed by atoms with Crippen molar-refractivity contribution >= 4 is 5.91 Å². The molecular weight excluding hydrogens is 204 g/mol. The van der Waals surface area contributed by atoms with Gasteiger partial charge in [-0.05, 0) is 26.8 Å². The Labute approximate surface area is 95.2 Å². The van der Waals surface area contributed by atoms with Gasteiger partial charge in [0.1, 0.15) is 0 Å². The first-order chi connectivity index (χ1) is 7.61. The van der Waals surface area contributed by atoms with Crippen molar-refractivity contribution in [1.82, 2.24) is 20.4 Å². The summed E-state index contributed by atoms with van der Waals surface area (Å²) in [5.74, 6) is 0.0671. The highest BCUT2D eigenvalue weighted by molar-refractivity contribution is 5.96. The molecule has 1 aliphatic heterocycles. The molecule has 1 saturated heterocycles. The summed E-state index contributed by atoms with van der Waals surface area (Å²) < 4.78 is 0. The minimum absolute atomic E-state index is 0.0671. The summed E-state index contributed by atoms with van der Waals surface area (Å²) in [6.07, 6.45) is 1.03. The fourth-order valence-electron chi connectivity index (χ4n) is 2.18. The van der Waals surface area contributed by atoms with Gasteiger partial charge in [-0.3, -0.25) is 9.89 Å². The fraction of sp³-hybridized carbons (Fsp3) is 0.636. The third kappa shape index (κ3) is 1.82. The van der Waals surface area contributed by atoms with Gasteiger partial charge in [0.15, 0.2) is 0 Å². The number of aromatic amines is 1. The van der Waals surface area contributed by atoms with Gasteiger partial charge in [-0.2, -0.15) is 5.10 Å². The summed E-state index contributed by atoms with van der Waals surface area (Å²) in [6.45, 7) is 5.62. The molecule has 2 N–H and O–H groups in total. The maximum Gasteiger partial charge on any atom is 0.257 e. The minimum atomic E-state index is 0.0671. The molecule has 0 aliphatic carbocycles. The molecule has 0 aromatic carbocycles. The quantitative estimate of drug-likeness (QED) is 0.764. The fourth-order valence-corrected chi connectivity index (χ4v) is 2.18. The second-order valence-corrected chi connectivity index (χ2v) is 4.37. The molecule has 5 nitrogen and oxygen atoms in total. The van der Waals surface area contributed by atoms with Gasteiger partial charge < -0.3 is 10.2 Å². The normalized spacial score (nSPS) is 20.1. The maximum atomic E-state index is 12.3. The van der Waals surface area contributed by atoms with E-state index < -0.39 is 0 Å². The number of nitrogens with one attached hydrogen (secondary N) is 2. The molecule has 0 radical (unpaired) electrons. The molecule has 2 rings (SSSR count). The number of aromatic nitrogens is 2. The molecule has 88 valence electrons. The first kappa shape index (κ1) is 11.1. The minimum Gasteiger partial charge on any atom is -0.337 e. The molecule has 0 spiro atoms. The molecule has 1 fully saturated rings. The summed E-state index contributed by atoms with van der Waals surface area (Å²) in [6, 6.07) is 0.307. The van der Waals surface area contributed by atoms with Gasteiger partial charge in [-0.25, -0.2) is 0 Å². The molecule has 1 aromatic heterocycles. The van der Waals surface area contributed by atoms with E-state index in [9.17, 15) is 4.79 Å². The van der Waals surface area contributed by atoms with Crippen LogP contribution < -0.4 is 5.32 Å². The summed E-state index contributed by atoms with van der Waals surface area (Å²) in [4.78, 5) is 14.1. The zero-order valence-corrected chi connectivity index (χ0v) is 10.0. The summed E-state index contributed by atoms with van der Waals surface area (Å²) >= 11 is 0. The SMILES string of the molecule is Cc1n[nH]c(C)c1C(=O)N(C)C1CCNC1. The van der Waals surface area contributed by atoms with Crippen LogP contribution in [-0.4, -0.2) is 47.2 Å². The number of hydrogen-bond donors (Lipinski definition) is 2. The van der Waals surface area contributed by atoms with Crippen molar-refractivity contribution in [2.75, 3.05) is 20.1 Å². The number of nitrogens with zero attached hydrogens (tertiary/aromatic N) is 2. The number of amides is 1. The van der Waals surface area contributed by atoms with Crippen molar-refractivity contribution < 1.29 is 4.79 Å². The van der Waals surface area contributed by atoms with Crippen molar-refractivity contribution in [1.29, 1.82) is 0 Å². The Morgan fingerprint density at radius 3 is 2.75 bits per heavy atom. The third-order valence-corrected chi connectivity index (χ3v) is 3.24. The zero-order valence-electron chi connectivity index (χ0n) is 10.0. The lowest BCUT2D eigenvalue weighted by Crippen LogP contribution is -2.38. The van der Waals surface area contributed by atoms with Crippen molar-refractivity contribution in [3.8, 4) is 0 Å². The van der Waals surface area contributed by atoms with Gasteiger partial charge in [-0.1, -0.05) is 0 Å². The van der Waals surface area contributed by atoms with Crippen LogP contribution in [0.1, 0.15) is 28.2 Å². The number of H-pyrrole nitrogens is 1. The topological polar surface area (TPSA) is 61.0 Å². The van der Waals surface area contributed by atoms with Gasteiger partial charge in [0.05, 0.1) is 11.3 Å². The van der Waals surface area contributed by atoms with Crippen LogP contribution in [0.4, 0.5) is 0 Å². The van der Waals surface area contributed by atoms with Crippen LogP contribution in [-0.2, 0) is 0 Å². The predicted molar refractivity (Wildman–Crippen MR) is 61.4 cm³/mol. The van der Waals surface area contributed by atoms with Gasteiger partial charge in [0.25, 0.3) is 5.91 Å². The largest absolute Gasteiger partial charge is 0.337 e. The predicted octanol–water partition coefficient (Wildman–Crippen LogP) is 0.460. The Morgan fingerprint density at radius 1 is 1.50 bits per heavy atom. The van der Waals surface area contributed by atoms with E-state index in [2.05, 4.69) is 15.5 Å². The second-order valence-electron chi connectivity index (χ2n) is 4.37. The molecular formula is C11H18N4O. The van der Waals surface area contributed by atoms with E-state index in [4.69, 9.17) is 0 Å². The van der Waals surface area contributed by atoms with Crippen molar-refractivity contribution in [2.45, 2.75) is 26.3 Å². The highest BCUT2D eigenvalue weighted by Gasteiger charge is 2.26. The maximum absolute atomic E-state index is 12.3. The van der Waals surface area contributed by atoms with E-state index in [0.29, 0.717) is 6.04 Å². The Kier molecular flexibility index (Phi) is 2.96. The average Bonchev–Trinajstić information content (AvgIpc) is 2.87. The molecule has 0 bridgehead atoms. The van der Waals surface area contributed by atoms with Crippen LogP contribution >= 0.6 is 0 Å².